The van der Waals surface area contributed by atoms with Gasteiger partial charge in [-0.2, -0.15) is 0 Å². The van der Waals surface area contributed by atoms with E-state index in [9.17, 15) is 9.59 Å². The maximum atomic E-state index is 10.4. The molecule has 0 heterocycles. The van der Waals surface area contributed by atoms with Crippen molar-refractivity contribution in [3.05, 3.63) is 12.2 Å². The first-order chi connectivity index (χ1) is 25.5. The summed E-state index contributed by atoms with van der Waals surface area (Å²) in [5, 5.41) is 17.1. The van der Waals surface area contributed by atoms with Crippen molar-refractivity contribution in [1.82, 2.24) is 0 Å². The van der Waals surface area contributed by atoms with E-state index >= 15 is 0 Å². The lowest BCUT2D eigenvalue weighted by atomic mass is 10.0. The molecule has 0 fully saturated rings. The molecule has 0 aliphatic heterocycles. The molecule has 0 bridgehead atoms. The van der Waals surface area contributed by atoms with Crippen LogP contribution in [0.15, 0.2) is 12.2 Å². The lowest BCUT2D eigenvalue weighted by molar-refractivity contribution is -0.138. The highest BCUT2D eigenvalue weighted by atomic mass is 16.4. The van der Waals surface area contributed by atoms with E-state index in [0.29, 0.717) is 12.8 Å². The summed E-state index contributed by atoms with van der Waals surface area (Å²) < 4.78 is 0. The Kier molecular flexibility index (Phi) is 50.4. The van der Waals surface area contributed by atoms with Crippen LogP contribution in [-0.2, 0) is 9.59 Å². The van der Waals surface area contributed by atoms with Gasteiger partial charge >= 0.3 is 11.9 Å². The Morgan fingerprint density at radius 2 is 0.462 bits per heavy atom. The molecule has 0 aromatic carbocycles. The van der Waals surface area contributed by atoms with Crippen molar-refractivity contribution < 1.29 is 19.8 Å². The minimum Gasteiger partial charge on any atom is -0.481 e. The predicted octanol–water partition coefficient (Wildman–Crippen LogP) is 17.1. The van der Waals surface area contributed by atoms with Crippen molar-refractivity contribution in [2.24, 2.45) is 0 Å². The number of carbonyl (C=O) groups is 2. The van der Waals surface area contributed by atoms with Crippen LogP contribution in [0.1, 0.15) is 284 Å². The zero-order chi connectivity index (χ0) is 38.3. The van der Waals surface area contributed by atoms with Crippen molar-refractivity contribution in [3.8, 4) is 0 Å². The van der Waals surface area contributed by atoms with Gasteiger partial charge in [-0.15, -0.1) is 0 Å². The minimum atomic E-state index is -0.654. The molecule has 0 amide bonds. The van der Waals surface area contributed by atoms with Gasteiger partial charge in [-0.1, -0.05) is 244 Å². The third kappa shape index (κ3) is 55.4. The van der Waals surface area contributed by atoms with Gasteiger partial charge in [-0.3, -0.25) is 9.59 Å². The van der Waals surface area contributed by atoms with Gasteiger partial charge < -0.3 is 10.2 Å². The third-order valence-corrected chi connectivity index (χ3v) is 10.6. The maximum absolute atomic E-state index is 10.4. The van der Waals surface area contributed by atoms with Crippen molar-refractivity contribution in [2.45, 2.75) is 284 Å². The Labute approximate surface area is 326 Å². The molecule has 0 rings (SSSR count). The monoisotopic (exact) mass is 735 g/mol. The molecule has 2 N–H and O–H groups in total. The van der Waals surface area contributed by atoms with E-state index in [1.165, 1.54) is 231 Å². The summed E-state index contributed by atoms with van der Waals surface area (Å²) >= 11 is 0. The Morgan fingerprint density at radius 1 is 0.288 bits per heavy atom. The summed E-state index contributed by atoms with van der Waals surface area (Å²) in [5.41, 5.74) is 0. The molecule has 0 unspecified atom stereocenters. The first-order valence-corrected chi connectivity index (χ1v) is 23.6. The number of hydrogen-bond donors (Lipinski definition) is 2. The number of hydrogen-bond acceptors (Lipinski definition) is 2. The van der Waals surface area contributed by atoms with E-state index in [0.717, 1.165) is 25.7 Å². The van der Waals surface area contributed by atoms with Crippen LogP contribution in [-0.4, -0.2) is 22.2 Å². The van der Waals surface area contributed by atoms with Crippen LogP contribution in [0.2, 0.25) is 0 Å². The SMILES string of the molecule is CCCCCCCC/C=C\CCCCCCCCCCCCCC(=O)O.CCCCCCCCCCCCCCCCCCCCCCCC(=O)O. The highest BCUT2D eigenvalue weighted by Crippen LogP contribution is 2.16. The average Bonchev–Trinajstić information content (AvgIpc) is 3.13. The Morgan fingerprint density at radius 3 is 0.654 bits per heavy atom. The van der Waals surface area contributed by atoms with Crippen LogP contribution in [0.4, 0.5) is 0 Å². The molecule has 4 heteroatoms. The molecule has 0 saturated heterocycles. The van der Waals surface area contributed by atoms with Crippen LogP contribution in [0.5, 0.6) is 0 Å². The lowest BCUT2D eigenvalue weighted by Crippen LogP contribution is -1.93. The number of carboxylic acids is 2. The highest BCUT2D eigenvalue weighted by molar-refractivity contribution is 5.66. The number of aliphatic carboxylic acids is 2. The van der Waals surface area contributed by atoms with Gasteiger partial charge in [0.15, 0.2) is 0 Å². The minimum absolute atomic E-state index is 0.342. The Balaban J connectivity index is 0. The Bertz CT molecular complexity index is 702. The van der Waals surface area contributed by atoms with Crippen molar-refractivity contribution >= 4 is 11.9 Å². The summed E-state index contributed by atoms with van der Waals surface area (Å²) in [6, 6.07) is 0. The normalized spacial score (nSPS) is 11.3. The third-order valence-electron chi connectivity index (χ3n) is 10.6. The molecular formula is C48H94O4. The molecule has 0 atom stereocenters. The molecule has 0 saturated carbocycles. The van der Waals surface area contributed by atoms with Gasteiger partial charge in [-0.05, 0) is 38.5 Å². The molecule has 0 spiro atoms. The molecule has 0 aromatic rings. The second kappa shape index (κ2) is 49.7. The first-order valence-electron chi connectivity index (χ1n) is 23.6. The molecule has 0 aromatic heterocycles. The zero-order valence-electron chi connectivity index (χ0n) is 35.6. The fourth-order valence-corrected chi connectivity index (χ4v) is 7.12. The molecule has 0 radical (unpaired) electrons. The second-order valence-electron chi connectivity index (χ2n) is 16.1. The van der Waals surface area contributed by atoms with E-state index in [-0.39, 0.29) is 0 Å². The second-order valence-corrected chi connectivity index (χ2v) is 16.1. The van der Waals surface area contributed by atoms with Crippen LogP contribution in [0, 0.1) is 0 Å². The summed E-state index contributed by atoms with van der Waals surface area (Å²) in [5.74, 6) is -1.30. The number of carboxylic acid groups (broad SMARTS) is 2. The van der Waals surface area contributed by atoms with E-state index in [2.05, 4.69) is 26.0 Å². The van der Waals surface area contributed by atoms with Crippen LogP contribution >= 0.6 is 0 Å². The van der Waals surface area contributed by atoms with Gasteiger partial charge in [0.05, 0.1) is 0 Å². The molecule has 4 nitrogen and oxygen atoms in total. The topological polar surface area (TPSA) is 74.6 Å². The van der Waals surface area contributed by atoms with Gasteiger partial charge in [0.25, 0.3) is 0 Å². The quantitative estimate of drug-likeness (QED) is 0.0483. The number of rotatable bonds is 43. The fourth-order valence-electron chi connectivity index (χ4n) is 7.12. The van der Waals surface area contributed by atoms with E-state index in [1.807, 2.05) is 0 Å². The summed E-state index contributed by atoms with van der Waals surface area (Å²) in [6.45, 7) is 4.56. The van der Waals surface area contributed by atoms with Gasteiger partial charge in [0.2, 0.25) is 0 Å². The smallest absolute Gasteiger partial charge is 0.303 e. The van der Waals surface area contributed by atoms with Crippen molar-refractivity contribution in [1.29, 1.82) is 0 Å². The predicted molar refractivity (Wildman–Crippen MR) is 230 cm³/mol. The number of unbranched alkanes of at least 4 members (excludes halogenated alkanes) is 37. The van der Waals surface area contributed by atoms with E-state index < -0.39 is 11.9 Å². The molecule has 0 aliphatic carbocycles. The highest BCUT2D eigenvalue weighted by Gasteiger charge is 1.99. The molecular weight excluding hydrogens is 641 g/mol. The number of allylic oxidation sites excluding steroid dienone is 2. The Hall–Kier alpha value is -1.32. The van der Waals surface area contributed by atoms with Crippen LogP contribution in [0.3, 0.4) is 0 Å². The molecule has 52 heavy (non-hydrogen) atoms. The van der Waals surface area contributed by atoms with Gasteiger partial charge in [0, 0.05) is 12.8 Å². The van der Waals surface area contributed by atoms with E-state index in [4.69, 9.17) is 10.2 Å². The standard InChI is InChI=1S/C24H48O2.C24H46O2/c2*1-2-3-4-5-6-7-8-9-10-11-12-13-14-15-16-17-18-19-20-21-22-23-24(25)26/h2-23H2,1H3,(H,25,26);9-10H,2-8,11-23H2,1H3,(H,25,26)/b;10-9-. The van der Waals surface area contributed by atoms with Crippen molar-refractivity contribution in [3.63, 3.8) is 0 Å². The average molecular weight is 735 g/mol. The fraction of sp³-hybridized carbons (Fsp3) is 0.917. The molecule has 0 aliphatic rings. The summed E-state index contributed by atoms with van der Waals surface area (Å²) in [6.07, 6.45) is 59.1. The van der Waals surface area contributed by atoms with Gasteiger partial charge in [0.1, 0.15) is 0 Å². The first kappa shape index (κ1) is 52.8. The summed E-state index contributed by atoms with van der Waals surface area (Å²) in [7, 11) is 0. The summed E-state index contributed by atoms with van der Waals surface area (Å²) in [4.78, 5) is 20.8. The van der Waals surface area contributed by atoms with Gasteiger partial charge in [-0.25, -0.2) is 0 Å². The lowest BCUT2D eigenvalue weighted by Gasteiger charge is -2.04. The zero-order valence-corrected chi connectivity index (χ0v) is 35.6. The maximum Gasteiger partial charge on any atom is 0.303 e. The van der Waals surface area contributed by atoms with Crippen LogP contribution < -0.4 is 0 Å². The van der Waals surface area contributed by atoms with Crippen LogP contribution in [0.25, 0.3) is 0 Å². The molecule has 310 valence electrons. The largest absolute Gasteiger partial charge is 0.481 e. The van der Waals surface area contributed by atoms with E-state index in [1.54, 1.807) is 0 Å². The van der Waals surface area contributed by atoms with Crippen molar-refractivity contribution in [2.75, 3.05) is 0 Å².